The standard InChI is InChI=1S/C25H24BrN5OS/c1-25(2,3)33-22-13-10-17(19-6-4-5-7-20(19)24-28-30-31-29-24)15-21(22)27-23(32)14-16-8-11-18(26)12-9-16/h4-13,15H,14H2,1-3H3,(H,27,32)(H,28,29,30,31). The van der Waals surface area contributed by atoms with E-state index in [0.717, 1.165) is 37.3 Å². The summed E-state index contributed by atoms with van der Waals surface area (Å²) in [7, 11) is 0. The van der Waals surface area contributed by atoms with Gasteiger partial charge in [0.1, 0.15) is 0 Å². The number of tetrazole rings is 1. The third kappa shape index (κ3) is 6.09. The van der Waals surface area contributed by atoms with Crippen molar-refractivity contribution in [1.29, 1.82) is 0 Å². The van der Waals surface area contributed by atoms with E-state index >= 15 is 0 Å². The van der Waals surface area contributed by atoms with Gasteiger partial charge in [0.15, 0.2) is 0 Å². The van der Waals surface area contributed by atoms with Crippen molar-refractivity contribution in [2.75, 3.05) is 5.32 Å². The molecule has 3 aromatic carbocycles. The Hall–Kier alpha value is -2.97. The molecular formula is C25H24BrN5OS. The van der Waals surface area contributed by atoms with Crippen molar-refractivity contribution in [3.63, 3.8) is 0 Å². The maximum Gasteiger partial charge on any atom is 0.228 e. The molecule has 1 heterocycles. The monoisotopic (exact) mass is 521 g/mol. The molecule has 0 bridgehead atoms. The molecule has 8 heteroatoms. The minimum atomic E-state index is -0.0586. The van der Waals surface area contributed by atoms with Gasteiger partial charge in [-0.15, -0.1) is 22.0 Å². The molecule has 0 atom stereocenters. The second-order valence-electron chi connectivity index (χ2n) is 8.56. The minimum absolute atomic E-state index is 0.00472. The third-order valence-electron chi connectivity index (χ3n) is 4.77. The fraction of sp³-hybridized carbons (Fsp3) is 0.200. The largest absolute Gasteiger partial charge is 0.325 e. The number of thioether (sulfide) groups is 1. The number of amides is 1. The molecule has 33 heavy (non-hydrogen) atoms. The molecule has 0 spiro atoms. The molecule has 0 fully saturated rings. The zero-order valence-corrected chi connectivity index (χ0v) is 21.0. The van der Waals surface area contributed by atoms with E-state index < -0.39 is 0 Å². The summed E-state index contributed by atoms with van der Waals surface area (Å²) >= 11 is 5.16. The van der Waals surface area contributed by atoms with Crippen molar-refractivity contribution in [3.05, 3.63) is 76.8 Å². The normalized spacial score (nSPS) is 11.4. The fourth-order valence-electron chi connectivity index (χ4n) is 3.40. The summed E-state index contributed by atoms with van der Waals surface area (Å²) in [5.74, 6) is 0.469. The first-order chi connectivity index (χ1) is 15.8. The molecule has 0 aliphatic rings. The number of aromatic amines is 1. The number of anilines is 1. The first-order valence-electron chi connectivity index (χ1n) is 10.5. The second kappa shape index (κ2) is 9.89. The van der Waals surface area contributed by atoms with E-state index in [-0.39, 0.29) is 10.7 Å². The Morgan fingerprint density at radius 2 is 1.76 bits per heavy atom. The van der Waals surface area contributed by atoms with Crippen LogP contribution in [0.25, 0.3) is 22.5 Å². The lowest BCUT2D eigenvalue weighted by molar-refractivity contribution is -0.115. The van der Waals surface area contributed by atoms with Crippen LogP contribution in [0, 0.1) is 0 Å². The molecule has 4 rings (SSSR count). The number of nitrogens with one attached hydrogen (secondary N) is 2. The summed E-state index contributed by atoms with van der Waals surface area (Å²) in [5.41, 5.74) is 4.55. The molecule has 168 valence electrons. The van der Waals surface area contributed by atoms with Crippen molar-refractivity contribution < 1.29 is 4.79 Å². The number of carbonyl (C=O) groups is 1. The minimum Gasteiger partial charge on any atom is -0.325 e. The molecule has 4 aromatic rings. The fourth-order valence-corrected chi connectivity index (χ4v) is 4.68. The SMILES string of the molecule is CC(C)(C)Sc1ccc(-c2ccccc2-c2nn[nH]n2)cc1NC(=O)Cc1ccc(Br)cc1. The Morgan fingerprint density at radius 1 is 1.03 bits per heavy atom. The van der Waals surface area contributed by atoms with E-state index in [9.17, 15) is 4.79 Å². The van der Waals surface area contributed by atoms with Gasteiger partial charge in [-0.2, -0.15) is 5.21 Å². The van der Waals surface area contributed by atoms with Crippen LogP contribution in [0.5, 0.6) is 0 Å². The number of nitrogens with zero attached hydrogens (tertiary/aromatic N) is 3. The third-order valence-corrected chi connectivity index (χ3v) is 6.49. The summed E-state index contributed by atoms with van der Waals surface area (Å²) < 4.78 is 0.985. The lowest BCUT2D eigenvalue weighted by Gasteiger charge is -2.21. The van der Waals surface area contributed by atoms with E-state index in [2.05, 4.69) is 74.8 Å². The number of halogens is 1. The van der Waals surface area contributed by atoms with Crippen LogP contribution in [0.15, 0.2) is 76.1 Å². The molecule has 0 saturated carbocycles. The Bertz CT molecular complexity index is 1250. The van der Waals surface area contributed by atoms with Crippen LogP contribution in [0.4, 0.5) is 5.69 Å². The summed E-state index contributed by atoms with van der Waals surface area (Å²) in [4.78, 5) is 13.9. The van der Waals surface area contributed by atoms with Crippen LogP contribution < -0.4 is 5.32 Å². The topological polar surface area (TPSA) is 83.6 Å². The van der Waals surface area contributed by atoms with Crippen LogP contribution >= 0.6 is 27.7 Å². The lowest BCUT2D eigenvalue weighted by atomic mass is 9.99. The molecule has 0 aliphatic carbocycles. The quantitative estimate of drug-likeness (QED) is 0.288. The number of benzene rings is 3. The summed E-state index contributed by atoms with van der Waals surface area (Å²) in [6.45, 7) is 6.47. The van der Waals surface area contributed by atoms with E-state index in [1.54, 1.807) is 11.8 Å². The summed E-state index contributed by atoms with van der Waals surface area (Å²) in [5, 5.41) is 17.6. The molecule has 1 amide bonds. The molecule has 0 radical (unpaired) electrons. The molecule has 0 saturated heterocycles. The van der Waals surface area contributed by atoms with E-state index in [0.29, 0.717) is 12.2 Å². The molecular weight excluding hydrogens is 498 g/mol. The highest BCUT2D eigenvalue weighted by Gasteiger charge is 2.18. The van der Waals surface area contributed by atoms with Gasteiger partial charge < -0.3 is 5.32 Å². The van der Waals surface area contributed by atoms with Crippen molar-refractivity contribution in [2.45, 2.75) is 36.8 Å². The maximum absolute atomic E-state index is 12.9. The Kier molecular flexibility index (Phi) is 6.95. The Labute approximate surface area is 205 Å². The van der Waals surface area contributed by atoms with Gasteiger partial charge >= 0.3 is 0 Å². The van der Waals surface area contributed by atoms with Gasteiger partial charge in [-0.1, -0.05) is 79.2 Å². The van der Waals surface area contributed by atoms with Crippen LogP contribution in [0.3, 0.4) is 0 Å². The van der Waals surface area contributed by atoms with Gasteiger partial charge in [0, 0.05) is 19.7 Å². The number of hydrogen-bond donors (Lipinski definition) is 2. The highest BCUT2D eigenvalue weighted by atomic mass is 79.9. The molecule has 0 unspecified atom stereocenters. The van der Waals surface area contributed by atoms with Crippen molar-refractivity contribution >= 4 is 39.3 Å². The predicted octanol–water partition coefficient (Wildman–Crippen LogP) is 6.37. The van der Waals surface area contributed by atoms with Crippen LogP contribution in [-0.4, -0.2) is 31.3 Å². The van der Waals surface area contributed by atoms with Crippen LogP contribution in [0.1, 0.15) is 26.3 Å². The van der Waals surface area contributed by atoms with Gasteiger partial charge in [0.05, 0.1) is 12.1 Å². The predicted molar refractivity (Wildman–Crippen MR) is 137 cm³/mol. The lowest BCUT2D eigenvalue weighted by Crippen LogP contribution is -2.16. The Morgan fingerprint density at radius 3 is 2.42 bits per heavy atom. The molecule has 6 nitrogen and oxygen atoms in total. The van der Waals surface area contributed by atoms with Gasteiger partial charge in [-0.05, 0) is 46.2 Å². The highest BCUT2D eigenvalue weighted by Crippen LogP contribution is 2.40. The van der Waals surface area contributed by atoms with Crippen molar-refractivity contribution in [3.8, 4) is 22.5 Å². The van der Waals surface area contributed by atoms with Gasteiger partial charge in [0.25, 0.3) is 0 Å². The molecule has 2 N–H and O–H groups in total. The number of H-pyrrole nitrogens is 1. The average molecular weight is 522 g/mol. The van der Waals surface area contributed by atoms with E-state index in [1.165, 1.54) is 0 Å². The van der Waals surface area contributed by atoms with Gasteiger partial charge in [-0.25, -0.2) is 0 Å². The first kappa shape index (κ1) is 23.2. The summed E-state index contributed by atoms with van der Waals surface area (Å²) in [6.07, 6.45) is 0.302. The number of aromatic nitrogens is 4. The van der Waals surface area contributed by atoms with Crippen LogP contribution in [0.2, 0.25) is 0 Å². The average Bonchev–Trinajstić information content (AvgIpc) is 3.30. The highest BCUT2D eigenvalue weighted by molar-refractivity contribution is 9.10. The second-order valence-corrected chi connectivity index (χ2v) is 11.3. The van der Waals surface area contributed by atoms with Gasteiger partial charge in [0.2, 0.25) is 11.7 Å². The summed E-state index contributed by atoms with van der Waals surface area (Å²) in [6, 6.07) is 21.8. The number of carbonyl (C=O) groups excluding carboxylic acids is 1. The van der Waals surface area contributed by atoms with E-state index in [1.807, 2.05) is 54.6 Å². The zero-order valence-electron chi connectivity index (χ0n) is 18.6. The van der Waals surface area contributed by atoms with Crippen molar-refractivity contribution in [1.82, 2.24) is 20.6 Å². The van der Waals surface area contributed by atoms with Gasteiger partial charge in [-0.3, -0.25) is 4.79 Å². The smallest absolute Gasteiger partial charge is 0.228 e. The first-order valence-corrected chi connectivity index (χ1v) is 12.1. The molecule has 1 aromatic heterocycles. The van der Waals surface area contributed by atoms with Crippen LogP contribution in [-0.2, 0) is 11.2 Å². The van der Waals surface area contributed by atoms with Crippen molar-refractivity contribution in [2.24, 2.45) is 0 Å². The number of rotatable bonds is 6. The maximum atomic E-state index is 12.9. The Balaban J connectivity index is 1.68. The number of hydrogen-bond acceptors (Lipinski definition) is 5. The zero-order chi connectivity index (χ0) is 23.4. The van der Waals surface area contributed by atoms with E-state index in [4.69, 9.17) is 0 Å². The molecule has 0 aliphatic heterocycles.